The monoisotopic (exact) mass is 277 g/mol. The molecule has 5 nitrogen and oxygen atoms in total. The lowest BCUT2D eigenvalue weighted by molar-refractivity contribution is -0.120. The predicted molar refractivity (Wildman–Crippen MR) is 80.8 cm³/mol. The normalized spacial score (nSPS) is 11.9. The molecule has 1 rings (SSSR count). The maximum absolute atomic E-state index is 11.9. The van der Waals surface area contributed by atoms with Gasteiger partial charge in [-0.15, -0.1) is 0 Å². The van der Waals surface area contributed by atoms with Gasteiger partial charge in [-0.25, -0.2) is 4.79 Å². The number of carbonyl (C=O) groups excluding carboxylic acids is 2. The predicted octanol–water partition coefficient (Wildman–Crippen LogP) is 2.34. The topological polar surface area (TPSA) is 70.2 Å². The molecule has 0 aliphatic rings. The molecule has 3 N–H and O–H groups in total. The van der Waals surface area contributed by atoms with Crippen molar-refractivity contribution in [2.75, 3.05) is 5.32 Å². The van der Waals surface area contributed by atoms with E-state index in [2.05, 4.69) is 16.0 Å². The first-order valence-corrected chi connectivity index (χ1v) is 6.75. The number of aryl methyl sites for hydroxylation is 1. The number of amides is 3. The van der Waals surface area contributed by atoms with Gasteiger partial charge in [-0.1, -0.05) is 12.1 Å². The Hall–Kier alpha value is -2.04. The van der Waals surface area contributed by atoms with Crippen molar-refractivity contribution in [2.45, 2.75) is 46.7 Å². The van der Waals surface area contributed by atoms with Crippen LogP contribution in [0, 0.1) is 13.8 Å². The van der Waals surface area contributed by atoms with Gasteiger partial charge >= 0.3 is 6.03 Å². The highest BCUT2D eigenvalue weighted by Gasteiger charge is 2.16. The largest absolute Gasteiger partial charge is 0.374 e. The van der Waals surface area contributed by atoms with Crippen LogP contribution in [0.5, 0.6) is 0 Å². The molecule has 20 heavy (non-hydrogen) atoms. The summed E-state index contributed by atoms with van der Waals surface area (Å²) in [5.41, 5.74) is 3.15. The molecule has 1 aromatic carbocycles. The van der Waals surface area contributed by atoms with E-state index in [-0.39, 0.29) is 11.9 Å². The molecule has 5 heteroatoms. The molecule has 0 aliphatic heterocycles. The van der Waals surface area contributed by atoms with E-state index in [0.29, 0.717) is 0 Å². The van der Waals surface area contributed by atoms with Crippen molar-refractivity contribution in [3.8, 4) is 0 Å². The van der Waals surface area contributed by atoms with Crippen molar-refractivity contribution in [3.63, 3.8) is 0 Å². The van der Waals surface area contributed by atoms with Gasteiger partial charge in [-0.2, -0.15) is 0 Å². The van der Waals surface area contributed by atoms with Crippen molar-refractivity contribution < 1.29 is 9.59 Å². The van der Waals surface area contributed by atoms with Crippen LogP contribution in [0.4, 0.5) is 10.5 Å². The summed E-state index contributed by atoms with van der Waals surface area (Å²) in [5.74, 6) is -0.357. The van der Waals surface area contributed by atoms with E-state index >= 15 is 0 Å². The molecule has 1 atom stereocenters. The number of benzene rings is 1. The molecule has 0 aliphatic carbocycles. The Balaban J connectivity index is 2.62. The van der Waals surface area contributed by atoms with E-state index in [4.69, 9.17) is 0 Å². The third-order valence-electron chi connectivity index (χ3n) is 3.03. The molecule has 0 saturated carbocycles. The molecule has 1 aromatic rings. The second kappa shape index (κ2) is 6.93. The van der Waals surface area contributed by atoms with Gasteiger partial charge in [0.2, 0.25) is 5.91 Å². The zero-order chi connectivity index (χ0) is 15.3. The van der Waals surface area contributed by atoms with Crippen LogP contribution in [0.15, 0.2) is 18.2 Å². The summed E-state index contributed by atoms with van der Waals surface area (Å²) in [6, 6.07) is 4.89. The Morgan fingerprint density at radius 3 is 2.35 bits per heavy atom. The number of nitrogens with one attached hydrogen (secondary N) is 3. The van der Waals surface area contributed by atoms with Crippen molar-refractivity contribution in [1.82, 2.24) is 10.6 Å². The van der Waals surface area contributed by atoms with Crippen LogP contribution in [0.1, 0.15) is 31.9 Å². The van der Waals surface area contributed by atoms with Gasteiger partial charge in [0.1, 0.15) is 6.04 Å². The maximum Gasteiger partial charge on any atom is 0.321 e. The average Bonchev–Trinajstić information content (AvgIpc) is 2.33. The SMILES string of the molecule is Cc1cccc(NC(C)C(=O)NC(=O)NC(C)C)c1C. The van der Waals surface area contributed by atoms with E-state index in [1.807, 2.05) is 45.9 Å². The van der Waals surface area contributed by atoms with E-state index < -0.39 is 12.1 Å². The number of anilines is 1. The smallest absolute Gasteiger partial charge is 0.321 e. The molecule has 3 amide bonds. The zero-order valence-electron chi connectivity index (χ0n) is 12.7. The summed E-state index contributed by atoms with van der Waals surface area (Å²) in [7, 11) is 0. The number of carbonyl (C=O) groups is 2. The molecule has 0 aromatic heterocycles. The van der Waals surface area contributed by atoms with Crippen LogP contribution >= 0.6 is 0 Å². The van der Waals surface area contributed by atoms with Crippen LogP contribution in [-0.4, -0.2) is 24.0 Å². The second-order valence-electron chi connectivity index (χ2n) is 5.23. The van der Waals surface area contributed by atoms with Gasteiger partial charge in [-0.05, 0) is 51.8 Å². The highest BCUT2D eigenvalue weighted by atomic mass is 16.2. The molecule has 0 saturated heterocycles. The average molecular weight is 277 g/mol. The minimum Gasteiger partial charge on any atom is -0.374 e. The molecule has 0 spiro atoms. The fourth-order valence-electron chi connectivity index (χ4n) is 1.72. The van der Waals surface area contributed by atoms with Crippen LogP contribution in [-0.2, 0) is 4.79 Å². The lowest BCUT2D eigenvalue weighted by Gasteiger charge is -2.18. The maximum atomic E-state index is 11.9. The zero-order valence-corrected chi connectivity index (χ0v) is 12.7. The lowest BCUT2D eigenvalue weighted by atomic mass is 10.1. The molecule has 0 bridgehead atoms. The highest BCUT2D eigenvalue weighted by Crippen LogP contribution is 2.18. The van der Waals surface area contributed by atoms with Gasteiger partial charge in [0.05, 0.1) is 0 Å². The Morgan fingerprint density at radius 2 is 1.75 bits per heavy atom. The second-order valence-corrected chi connectivity index (χ2v) is 5.23. The highest BCUT2D eigenvalue weighted by molar-refractivity contribution is 5.98. The van der Waals surface area contributed by atoms with Crippen LogP contribution < -0.4 is 16.0 Å². The fourth-order valence-corrected chi connectivity index (χ4v) is 1.72. The minimum absolute atomic E-state index is 0.00918. The Kier molecular flexibility index (Phi) is 5.55. The molecule has 0 fully saturated rings. The lowest BCUT2D eigenvalue weighted by Crippen LogP contribution is -2.47. The van der Waals surface area contributed by atoms with Crippen LogP contribution in [0.3, 0.4) is 0 Å². The molecule has 1 unspecified atom stereocenters. The van der Waals surface area contributed by atoms with Crippen molar-refractivity contribution in [1.29, 1.82) is 0 Å². The van der Waals surface area contributed by atoms with E-state index in [0.717, 1.165) is 16.8 Å². The fraction of sp³-hybridized carbons (Fsp3) is 0.467. The van der Waals surface area contributed by atoms with Crippen molar-refractivity contribution in [2.24, 2.45) is 0 Å². The summed E-state index contributed by atoms with van der Waals surface area (Å²) in [4.78, 5) is 23.4. The Labute approximate surface area is 120 Å². The van der Waals surface area contributed by atoms with Gasteiger partial charge in [0.25, 0.3) is 0 Å². The van der Waals surface area contributed by atoms with Crippen molar-refractivity contribution in [3.05, 3.63) is 29.3 Å². The summed E-state index contributed by atoms with van der Waals surface area (Å²) in [6.07, 6.45) is 0. The minimum atomic E-state index is -0.492. The van der Waals surface area contributed by atoms with Crippen LogP contribution in [0.2, 0.25) is 0 Å². The molecule has 110 valence electrons. The standard InChI is InChI=1S/C15H23N3O2/c1-9(2)16-15(20)18-14(19)12(5)17-13-8-6-7-10(3)11(13)4/h6-9,12,17H,1-5H3,(H2,16,18,19,20). The number of hydrogen-bond acceptors (Lipinski definition) is 3. The summed E-state index contributed by atoms with van der Waals surface area (Å²) >= 11 is 0. The quantitative estimate of drug-likeness (QED) is 0.791. The van der Waals surface area contributed by atoms with Gasteiger partial charge in [0, 0.05) is 11.7 Å². The van der Waals surface area contributed by atoms with E-state index in [1.54, 1.807) is 6.92 Å². The van der Waals surface area contributed by atoms with Crippen LogP contribution in [0.25, 0.3) is 0 Å². The molecular formula is C15H23N3O2. The van der Waals surface area contributed by atoms with E-state index in [1.165, 1.54) is 0 Å². The molecular weight excluding hydrogens is 254 g/mol. The molecule has 0 heterocycles. The Bertz CT molecular complexity index is 498. The first-order chi connectivity index (χ1) is 9.31. The number of urea groups is 1. The van der Waals surface area contributed by atoms with Gasteiger partial charge in [0.15, 0.2) is 0 Å². The third kappa shape index (κ3) is 4.57. The summed E-state index contributed by atoms with van der Waals surface area (Å²) in [5, 5.41) is 8.05. The number of imide groups is 1. The number of hydrogen-bond donors (Lipinski definition) is 3. The summed E-state index contributed by atoms with van der Waals surface area (Å²) in [6.45, 7) is 9.40. The first-order valence-electron chi connectivity index (χ1n) is 6.75. The Morgan fingerprint density at radius 1 is 1.10 bits per heavy atom. The van der Waals surface area contributed by atoms with E-state index in [9.17, 15) is 9.59 Å². The summed E-state index contributed by atoms with van der Waals surface area (Å²) < 4.78 is 0. The first kappa shape index (κ1) is 16.0. The number of rotatable bonds is 4. The molecule has 0 radical (unpaired) electrons. The van der Waals surface area contributed by atoms with Crippen molar-refractivity contribution >= 4 is 17.6 Å². The van der Waals surface area contributed by atoms with Gasteiger partial charge in [-0.3, -0.25) is 10.1 Å². The van der Waals surface area contributed by atoms with Gasteiger partial charge < -0.3 is 10.6 Å². The third-order valence-corrected chi connectivity index (χ3v) is 3.03.